The summed E-state index contributed by atoms with van der Waals surface area (Å²) in [4.78, 5) is 25.6. The first kappa shape index (κ1) is 15.9. The Bertz CT molecular complexity index is 623. The van der Waals surface area contributed by atoms with Crippen LogP contribution in [0, 0.1) is 12.8 Å². The van der Waals surface area contributed by atoms with Gasteiger partial charge < -0.3 is 14.6 Å². The van der Waals surface area contributed by atoms with Gasteiger partial charge in [0.25, 0.3) is 5.56 Å². The number of H-pyrrole nitrogens is 1. The number of nitrogens with zero attached hydrogens (tertiary/aromatic N) is 1. The van der Waals surface area contributed by atoms with Crippen LogP contribution in [0.25, 0.3) is 0 Å². The van der Waals surface area contributed by atoms with E-state index in [-0.39, 0.29) is 5.92 Å². The van der Waals surface area contributed by atoms with Crippen molar-refractivity contribution in [1.29, 1.82) is 0 Å². The summed E-state index contributed by atoms with van der Waals surface area (Å²) in [6.07, 6.45) is 1.08. The van der Waals surface area contributed by atoms with Crippen molar-refractivity contribution in [2.75, 3.05) is 14.2 Å². The molecule has 1 aromatic heterocycles. The second kappa shape index (κ2) is 5.75. The number of aliphatic hydroxyl groups is 1. The van der Waals surface area contributed by atoms with Crippen LogP contribution in [-0.2, 0) is 9.47 Å². The van der Waals surface area contributed by atoms with Crippen molar-refractivity contribution < 1.29 is 14.6 Å². The molecule has 0 aromatic carbocycles. The number of rotatable bonds is 6. The molecule has 1 aromatic rings. The first-order valence-corrected chi connectivity index (χ1v) is 6.99. The fourth-order valence-electron chi connectivity index (χ4n) is 2.96. The molecule has 2 N–H and O–H groups in total. The topological polar surface area (TPSA) is 93.5 Å². The van der Waals surface area contributed by atoms with E-state index in [1.54, 1.807) is 14.0 Å². The molecule has 0 saturated heterocycles. The fourth-order valence-corrected chi connectivity index (χ4v) is 2.96. The normalized spacial score (nSPS) is 27.4. The minimum atomic E-state index is -1.000. The average Bonchev–Trinajstić information content (AvgIpc) is 3.20. The van der Waals surface area contributed by atoms with Crippen molar-refractivity contribution in [3.63, 3.8) is 0 Å². The predicted molar refractivity (Wildman–Crippen MR) is 76.3 cm³/mol. The number of aromatic amines is 1. The van der Waals surface area contributed by atoms with Crippen molar-refractivity contribution in [1.82, 2.24) is 9.55 Å². The van der Waals surface area contributed by atoms with Gasteiger partial charge in [-0.05, 0) is 19.3 Å². The van der Waals surface area contributed by atoms with Gasteiger partial charge in [-0.2, -0.15) is 0 Å². The van der Waals surface area contributed by atoms with E-state index in [0.29, 0.717) is 5.56 Å². The van der Waals surface area contributed by atoms with Gasteiger partial charge in [-0.3, -0.25) is 14.3 Å². The lowest BCUT2D eigenvalue weighted by Crippen LogP contribution is -2.45. The molecule has 1 unspecified atom stereocenters. The van der Waals surface area contributed by atoms with E-state index in [0.717, 1.165) is 12.8 Å². The largest absolute Gasteiger partial charge is 0.385 e. The Labute approximate surface area is 122 Å². The van der Waals surface area contributed by atoms with Gasteiger partial charge in [-0.25, -0.2) is 4.79 Å². The predicted octanol–water partition coefficient (Wildman–Crippen LogP) is 0.166. The molecule has 0 amide bonds. The number of aryl methyl sites for hydroxylation is 1. The molecule has 7 nitrogen and oxygen atoms in total. The lowest BCUT2D eigenvalue weighted by molar-refractivity contribution is -0.138. The molecule has 1 aliphatic rings. The summed E-state index contributed by atoms with van der Waals surface area (Å²) in [6.45, 7) is 3.61. The maximum Gasteiger partial charge on any atom is 0.330 e. The Kier molecular flexibility index (Phi) is 4.36. The second-order valence-corrected chi connectivity index (χ2v) is 5.52. The zero-order valence-corrected chi connectivity index (χ0v) is 12.8. The summed E-state index contributed by atoms with van der Waals surface area (Å²) < 4.78 is 12.0. The van der Waals surface area contributed by atoms with Crippen molar-refractivity contribution >= 4 is 0 Å². The van der Waals surface area contributed by atoms with E-state index < -0.39 is 29.2 Å². The smallest absolute Gasteiger partial charge is 0.330 e. The van der Waals surface area contributed by atoms with Crippen molar-refractivity contribution in [3.8, 4) is 0 Å². The maximum absolute atomic E-state index is 12.0. The molecule has 1 fully saturated rings. The van der Waals surface area contributed by atoms with Crippen LogP contribution in [-0.4, -0.2) is 40.6 Å². The third-order valence-electron chi connectivity index (χ3n) is 4.40. The lowest BCUT2D eigenvalue weighted by Gasteiger charge is -2.30. The SMILES string of the molecule is CC[C@@H]1C[C@]1(OC)C(O)[C@@H](OC)n1cc(C)c(=O)[nH]c1=O. The maximum atomic E-state index is 12.0. The standard InChI is InChI=1S/C14H22N2O5/c1-5-9-6-14(9,21-4)10(17)12(20-3)16-7-8(2)11(18)15-13(16)19/h7,9-10,12,17H,5-6H2,1-4H3,(H,15,18,19)/t9-,10?,12-,14-/m1/s1. The van der Waals surface area contributed by atoms with Crippen LogP contribution < -0.4 is 11.2 Å². The zero-order valence-electron chi connectivity index (χ0n) is 12.8. The Morgan fingerprint density at radius 1 is 1.52 bits per heavy atom. The average molecular weight is 298 g/mol. The highest BCUT2D eigenvalue weighted by molar-refractivity contribution is 5.11. The molecular weight excluding hydrogens is 276 g/mol. The highest BCUT2D eigenvalue weighted by atomic mass is 16.5. The fraction of sp³-hybridized carbons (Fsp3) is 0.714. The molecule has 0 bridgehead atoms. The molecule has 2 rings (SSSR count). The number of methoxy groups -OCH3 is 2. The molecule has 21 heavy (non-hydrogen) atoms. The summed E-state index contributed by atoms with van der Waals surface area (Å²) >= 11 is 0. The summed E-state index contributed by atoms with van der Waals surface area (Å²) in [6, 6.07) is 0. The molecule has 0 aliphatic heterocycles. The van der Waals surface area contributed by atoms with Gasteiger partial charge in [0.2, 0.25) is 0 Å². The van der Waals surface area contributed by atoms with Crippen LogP contribution in [0.15, 0.2) is 15.8 Å². The minimum Gasteiger partial charge on any atom is -0.385 e. The first-order valence-electron chi connectivity index (χ1n) is 6.99. The van der Waals surface area contributed by atoms with Crippen molar-refractivity contribution in [3.05, 3.63) is 32.6 Å². The number of ether oxygens (including phenoxy) is 2. The Morgan fingerprint density at radius 3 is 2.67 bits per heavy atom. The highest BCUT2D eigenvalue weighted by Crippen LogP contribution is 2.53. The third kappa shape index (κ3) is 2.56. The highest BCUT2D eigenvalue weighted by Gasteiger charge is 2.61. The van der Waals surface area contributed by atoms with Crippen LogP contribution in [0.3, 0.4) is 0 Å². The zero-order chi connectivity index (χ0) is 15.8. The summed E-state index contributed by atoms with van der Waals surface area (Å²) in [5, 5.41) is 10.6. The molecular formula is C14H22N2O5. The van der Waals surface area contributed by atoms with Gasteiger partial charge in [-0.1, -0.05) is 13.3 Å². The van der Waals surface area contributed by atoms with Gasteiger partial charge in [0, 0.05) is 26.0 Å². The first-order chi connectivity index (χ1) is 9.91. The van der Waals surface area contributed by atoms with Gasteiger partial charge in [0.15, 0.2) is 6.23 Å². The number of nitrogens with one attached hydrogen (secondary N) is 1. The van der Waals surface area contributed by atoms with Gasteiger partial charge in [-0.15, -0.1) is 0 Å². The Balaban J connectivity index is 2.39. The quantitative estimate of drug-likeness (QED) is 0.780. The van der Waals surface area contributed by atoms with Crippen LogP contribution in [0.2, 0.25) is 0 Å². The van der Waals surface area contributed by atoms with Gasteiger partial charge >= 0.3 is 5.69 Å². The summed E-state index contributed by atoms with van der Waals surface area (Å²) in [7, 11) is 2.96. The summed E-state index contributed by atoms with van der Waals surface area (Å²) in [5.41, 5.74) is -1.38. The molecule has 0 radical (unpaired) electrons. The summed E-state index contributed by atoms with van der Waals surface area (Å²) in [5.74, 6) is 0.231. The molecule has 1 saturated carbocycles. The van der Waals surface area contributed by atoms with Gasteiger partial charge in [0.1, 0.15) is 11.7 Å². The molecule has 7 heteroatoms. The van der Waals surface area contributed by atoms with Crippen LogP contribution in [0.1, 0.15) is 31.6 Å². The molecule has 118 valence electrons. The molecule has 4 atom stereocenters. The third-order valence-corrected chi connectivity index (χ3v) is 4.40. The van der Waals surface area contributed by atoms with Crippen molar-refractivity contribution in [2.24, 2.45) is 5.92 Å². The van der Waals surface area contributed by atoms with Crippen molar-refractivity contribution in [2.45, 2.75) is 44.6 Å². The number of hydrogen-bond acceptors (Lipinski definition) is 5. The second-order valence-electron chi connectivity index (χ2n) is 5.52. The van der Waals surface area contributed by atoms with E-state index in [2.05, 4.69) is 4.98 Å². The number of aromatic nitrogens is 2. The molecule has 0 spiro atoms. The van der Waals surface area contributed by atoms with E-state index in [4.69, 9.17) is 9.47 Å². The minimum absolute atomic E-state index is 0.231. The molecule has 1 aliphatic carbocycles. The van der Waals surface area contributed by atoms with Crippen LogP contribution in [0.4, 0.5) is 0 Å². The van der Waals surface area contributed by atoms with Crippen LogP contribution in [0.5, 0.6) is 0 Å². The molecule has 1 heterocycles. The number of hydrogen-bond donors (Lipinski definition) is 2. The Hall–Kier alpha value is -1.44. The number of aliphatic hydroxyl groups excluding tert-OH is 1. The van der Waals surface area contributed by atoms with E-state index >= 15 is 0 Å². The Morgan fingerprint density at radius 2 is 2.19 bits per heavy atom. The van der Waals surface area contributed by atoms with Crippen LogP contribution >= 0.6 is 0 Å². The monoisotopic (exact) mass is 298 g/mol. The van der Waals surface area contributed by atoms with Gasteiger partial charge in [0.05, 0.1) is 0 Å². The van der Waals surface area contributed by atoms with E-state index in [1.807, 2.05) is 6.92 Å². The van der Waals surface area contributed by atoms with E-state index in [1.165, 1.54) is 17.9 Å². The lowest BCUT2D eigenvalue weighted by atomic mass is 10.1. The van der Waals surface area contributed by atoms with E-state index in [9.17, 15) is 14.7 Å².